The van der Waals surface area contributed by atoms with E-state index in [1.54, 1.807) is 0 Å². The molecule has 0 atom stereocenters. The van der Waals surface area contributed by atoms with Gasteiger partial charge in [-0.2, -0.15) is 0 Å². The first kappa shape index (κ1) is 13.8. The van der Waals surface area contributed by atoms with E-state index in [2.05, 4.69) is 14.7 Å². The van der Waals surface area contributed by atoms with Crippen LogP contribution in [0.15, 0.2) is 47.6 Å². The Hall–Kier alpha value is -2.61. The molecule has 3 N–H and O–H groups in total. The fourth-order valence-corrected chi connectivity index (χ4v) is 2.41. The predicted molar refractivity (Wildman–Crippen MR) is 72.5 cm³/mol. The highest BCUT2D eigenvalue weighted by Crippen LogP contribution is 2.14. The molecule has 0 bridgehead atoms. The van der Waals surface area contributed by atoms with Crippen molar-refractivity contribution in [2.45, 2.75) is 4.90 Å². The highest BCUT2D eigenvalue weighted by molar-refractivity contribution is 7.92. The molecule has 0 amide bonds. The molecule has 0 unspecified atom stereocenters. The van der Waals surface area contributed by atoms with Crippen molar-refractivity contribution in [1.29, 1.82) is 0 Å². The molecule has 0 saturated heterocycles. The Kier molecular flexibility index (Phi) is 3.85. The number of carbonyl (C=O) groups is 1. The van der Waals surface area contributed by atoms with E-state index in [1.165, 1.54) is 42.7 Å². The summed E-state index contributed by atoms with van der Waals surface area (Å²) in [6.07, 6.45) is 5.28. The Balaban J connectivity index is 2.19. The van der Waals surface area contributed by atoms with Gasteiger partial charge in [0, 0.05) is 18.5 Å². The molecule has 104 valence electrons. The third-order valence-corrected chi connectivity index (χ3v) is 3.69. The molecule has 0 aliphatic rings. The van der Waals surface area contributed by atoms with Crippen LogP contribution in [0.5, 0.6) is 0 Å². The van der Waals surface area contributed by atoms with Crippen LogP contribution in [0.4, 0.5) is 5.95 Å². The highest BCUT2D eigenvalue weighted by atomic mass is 32.2. The first-order valence-electron chi connectivity index (χ1n) is 5.51. The summed E-state index contributed by atoms with van der Waals surface area (Å²) in [7, 11) is -3.72. The lowest BCUT2D eigenvalue weighted by Gasteiger charge is -2.05. The van der Waals surface area contributed by atoms with Crippen LogP contribution in [-0.2, 0) is 14.8 Å². The van der Waals surface area contributed by atoms with Crippen LogP contribution in [0.1, 0.15) is 5.56 Å². The molecular weight excluding hydrogens is 282 g/mol. The van der Waals surface area contributed by atoms with Gasteiger partial charge in [0.2, 0.25) is 5.95 Å². The number of aliphatic carboxylic acids is 1. The summed E-state index contributed by atoms with van der Waals surface area (Å²) in [5.41, 5.74) is 0.587. The van der Waals surface area contributed by atoms with Crippen LogP contribution in [0, 0.1) is 0 Å². The molecule has 20 heavy (non-hydrogen) atoms. The Morgan fingerprint density at radius 1 is 1.30 bits per heavy atom. The van der Waals surface area contributed by atoms with Gasteiger partial charge in [0.15, 0.2) is 0 Å². The maximum atomic E-state index is 12.0. The van der Waals surface area contributed by atoms with Crippen molar-refractivity contribution in [1.82, 2.24) is 9.97 Å². The van der Waals surface area contributed by atoms with E-state index in [1.807, 2.05) is 0 Å². The van der Waals surface area contributed by atoms with E-state index in [4.69, 9.17) is 5.11 Å². The second-order valence-corrected chi connectivity index (χ2v) is 5.47. The molecule has 2 rings (SSSR count). The number of benzene rings is 1. The van der Waals surface area contributed by atoms with Crippen LogP contribution in [0.25, 0.3) is 6.08 Å². The number of aromatic nitrogens is 2. The number of aromatic amines is 1. The quantitative estimate of drug-likeness (QED) is 0.719. The zero-order chi connectivity index (χ0) is 14.6. The number of hydrogen-bond donors (Lipinski definition) is 3. The van der Waals surface area contributed by atoms with Crippen LogP contribution < -0.4 is 4.72 Å². The summed E-state index contributed by atoms with van der Waals surface area (Å²) in [6.45, 7) is 0. The van der Waals surface area contributed by atoms with Crippen molar-refractivity contribution in [3.63, 3.8) is 0 Å². The lowest BCUT2D eigenvalue weighted by Crippen LogP contribution is -2.13. The smallest absolute Gasteiger partial charge is 0.328 e. The van der Waals surface area contributed by atoms with Gasteiger partial charge in [-0.05, 0) is 23.8 Å². The summed E-state index contributed by atoms with van der Waals surface area (Å²) in [4.78, 5) is 16.8. The number of anilines is 1. The zero-order valence-electron chi connectivity index (χ0n) is 10.1. The van der Waals surface area contributed by atoms with Gasteiger partial charge < -0.3 is 10.1 Å². The van der Waals surface area contributed by atoms with Gasteiger partial charge in [-0.25, -0.2) is 22.9 Å². The molecule has 0 radical (unpaired) electrons. The van der Waals surface area contributed by atoms with Crippen LogP contribution >= 0.6 is 0 Å². The number of imidazole rings is 1. The standard InChI is InChI=1S/C12H11N3O4S/c16-11(17)6-3-9-1-4-10(5-2-9)20(18,19)15-12-13-7-8-14-12/h1-8H,(H,16,17)(H2,13,14,15). The van der Waals surface area contributed by atoms with Gasteiger partial charge in [0.1, 0.15) is 0 Å². The minimum Gasteiger partial charge on any atom is -0.478 e. The summed E-state index contributed by atoms with van der Waals surface area (Å²) >= 11 is 0. The lowest BCUT2D eigenvalue weighted by molar-refractivity contribution is -0.131. The Morgan fingerprint density at radius 2 is 2.00 bits per heavy atom. The maximum Gasteiger partial charge on any atom is 0.328 e. The zero-order valence-corrected chi connectivity index (χ0v) is 11.0. The van der Waals surface area contributed by atoms with Crippen LogP contribution in [0.3, 0.4) is 0 Å². The molecular formula is C12H11N3O4S. The minimum absolute atomic E-state index is 0.0568. The third kappa shape index (κ3) is 3.45. The fourth-order valence-electron chi connectivity index (χ4n) is 1.43. The maximum absolute atomic E-state index is 12.0. The number of H-pyrrole nitrogens is 1. The molecule has 1 aromatic heterocycles. The van der Waals surface area contributed by atoms with Gasteiger partial charge in [0.25, 0.3) is 10.0 Å². The largest absolute Gasteiger partial charge is 0.478 e. The van der Waals surface area contributed by atoms with Crippen molar-refractivity contribution in [2.24, 2.45) is 0 Å². The van der Waals surface area contributed by atoms with Crippen molar-refractivity contribution < 1.29 is 18.3 Å². The number of hydrogen-bond acceptors (Lipinski definition) is 4. The second-order valence-electron chi connectivity index (χ2n) is 3.78. The summed E-state index contributed by atoms with van der Waals surface area (Å²) < 4.78 is 26.3. The topological polar surface area (TPSA) is 112 Å². The van der Waals surface area contributed by atoms with E-state index < -0.39 is 16.0 Å². The van der Waals surface area contributed by atoms with Crippen LogP contribution in [0.2, 0.25) is 0 Å². The van der Waals surface area contributed by atoms with Crippen molar-refractivity contribution in [3.05, 3.63) is 48.3 Å². The van der Waals surface area contributed by atoms with Crippen molar-refractivity contribution >= 4 is 28.0 Å². The molecule has 1 heterocycles. The Bertz CT molecular complexity index is 719. The van der Waals surface area contributed by atoms with Gasteiger partial charge >= 0.3 is 5.97 Å². The van der Waals surface area contributed by atoms with Crippen LogP contribution in [-0.4, -0.2) is 29.5 Å². The Labute approximate surface area is 115 Å². The molecule has 0 fully saturated rings. The van der Waals surface area contributed by atoms with Gasteiger partial charge in [-0.15, -0.1) is 0 Å². The molecule has 0 spiro atoms. The van der Waals surface area contributed by atoms with Gasteiger partial charge in [-0.3, -0.25) is 0 Å². The van der Waals surface area contributed by atoms with E-state index in [-0.39, 0.29) is 10.8 Å². The first-order chi connectivity index (χ1) is 9.47. The summed E-state index contributed by atoms with van der Waals surface area (Å²) in [5, 5.41) is 8.50. The third-order valence-electron chi connectivity index (χ3n) is 2.34. The number of nitrogens with one attached hydrogen (secondary N) is 2. The molecule has 0 aliphatic carbocycles. The molecule has 8 heteroatoms. The fraction of sp³-hybridized carbons (Fsp3) is 0. The van der Waals surface area contributed by atoms with Crippen molar-refractivity contribution in [3.8, 4) is 0 Å². The molecule has 7 nitrogen and oxygen atoms in total. The average Bonchev–Trinajstić information content (AvgIpc) is 2.89. The van der Waals surface area contributed by atoms with Crippen molar-refractivity contribution in [2.75, 3.05) is 4.72 Å². The average molecular weight is 293 g/mol. The normalized spacial score (nSPS) is 11.6. The van der Waals surface area contributed by atoms with E-state index in [0.717, 1.165) is 6.08 Å². The Morgan fingerprint density at radius 3 is 2.55 bits per heavy atom. The molecule has 0 aliphatic heterocycles. The highest BCUT2D eigenvalue weighted by Gasteiger charge is 2.14. The lowest BCUT2D eigenvalue weighted by atomic mass is 10.2. The van der Waals surface area contributed by atoms with E-state index in [0.29, 0.717) is 5.56 Å². The number of carboxylic acid groups (broad SMARTS) is 1. The number of sulfonamides is 1. The minimum atomic E-state index is -3.72. The summed E-state index contributed by atoms with van der Waals surface area (Å²) in [6, 6.07) is 5.78. The summed E-state index contributed by atoms with van der Waals surface area (Å²) in [5.74, 6) is -0.943. The SMILES string of the molecule is O=C(O)C=Cc1ccc(S(=O)(=O)Nc2ncc[nH]2)cc1. The second kappa shape index (κ2) is 5.57. The number of nitrogens with zero attached hydrogens (tertiary/aromatic N) is 1. The molecule has 1 aromatic carbocycles. The monoisotopic (exact) mass is 293 g/mol. The molecule has 2 aromatic rings. The predicted octanol–water partition coefficient (Wildman–Crippen LogP) is 1.31. The first-order valence-corrected chi connectivity index (χ1v) is 6.99. The van der Waals surface area contributed by atoms with E-state index in [9.17, 15) is 13.2 Å². The number of carboxylic acids is 1. The van der Waals surface area contributed by atoms with Gasteiger partial charge in [-0.1, -0.05) is 12.1 Å². The molecule has 0 saturated carbocycles. The number of rotatable bonds is 5. The van der Waals surface area contributed by atoms with Gasteiger partial charge in [0.05, 0.1) is 4.90 Å². The van der Waals surface area contributed by atoms with E-state index >= 15 is 0 Å².